The average Bonchev–Trinajstić information content (AvgIpc) is 2.63. The van der Waals surface area contributed by atoms with E-state index in [-0.39, 0.29) is 47.5 Å². The third kappa shape index (κ3) is 3.82. The normalized spacial score (nSPS) is 16.2. The Morgan fingerprint density at radius 3 is 2.50 bits per heavy atom. The van der Waals surface area contributed by atoms with E-state index in [4.69, 9.17) is 21.6 Å². The minimum Gasteiger partial charge on any atom is -0.493 e. The molecule has 0 spiro atoms. The molecule has 10 heteroatoms. The van der Waals surface area contributed by atoms with Gasteiger partial charge < -0.3 is 9.84 Å². The molecule has 1 aliphatic heterocycles. The van der Waals surface area contributed by atoms with Crippen molar-refractivity contribution < 1.29 is 27.0 Å². The Balaban J connectivity index is 1.68. The quantitative estimate of drug-likeness (QED) is 0.763. The number of nitriles is 1. The predicted molar refractivity (Wildman–Crippen MR) is 96.3 cm³/mol. The lowest BCUT2D eigenvalue weighted by atomic mass is 9.83. The summed E-state index contributed by atoms with van der Waals surface area (Å²) in [6.45, 7) is -0.452. The van der Waals surface area contributed by atoms with Crippen LogP contribution in [0.5, 0.6) is 5.75 Å². The molecule has 0 unspecified atom stereocenters. The van der Waals surface area contributed by atoms with Gasteiger partial charge in [-0.3, -0.25) is 0 Å². The topological polar surface area (TPSA) is 90.6 Å². The number of rotatable bonds is 6. The van der Waals surface area contributed by atoms with Crippen molar-refractivity contribution in [1.82, 2.24) is 4.31 Å². The lowest BCUT2D eigenvalue weighted by Gasteiger charge is -2.47. The molecule has 0 bridgehead atoms. The highest BCUT2D eigenvalue weighted by Crippen LogP contribution is 2.36. The second kappa shape index (κ2) is 7.64. The van der Waals surface area contributed by atoms with Gasteiger partial charge in [0.2, 0.25) is 10.0 Å². The Kier molecular flexibility index (Phi) is 5.59. The zero-order chi connectivity index (χ0) is 20.5. The van der Waals surface area contributed by atoms with E-state index in [9.17, 15) is 22.3 Å². The Bertz CT molecular complexity index is 1050. The molecule has 0 atom stereocenters. The third-order valence-electron chi connectivity index (χ3n) is 4.49. The molecular formula is C18H15ClF2N2O4S. The molecule has 1 saturated heterocycles. The van der Waals surface area contributed by atoms with Crippen LogP contribution in [0.1, 0.15) is 5.56 Å². The van der Waals surface area contributed by atoms with Crippen molar-refractivity contribution in [3.63, 3.8) is 0 Å². The van der Waals surface area contributed by atoms with Gasteiger partial charge in [0.15, 0.2) is 0 Å². The molecule has 0 radical (unpaired) electrons. The van der Waals surface area contributed by atoms with Gasteiger partial charge in [-0.2, -0.15) is 9.57 Å². The minimum absolute atomic E-state index is 0.0282. The van der Waals surface area contributed by atoms with Gasteiger partial charge in [-0.25, -0.2) is 17.2 Å². The van der Waals surface area contributed by atoms with E-state index in [0.29, 0.717) is 0 Å². The first-order valence-corrected chi connectivity index (χ1v) is 9.91. The zero-order valence-electron chi connectivity index (χ0n) is 14.4. The Morgan fingerprint density at radius 1 is 1.21 bits per heavy atom. The standard InChI is InChI=1S/C18H15ClF2N2O4S/c19-15-6-14(3-4-16(15)20)28(25,26)23-8-18(9-23,10-24)11-27-13-2-1-12(7-22)17(21)5-13/h1-6,24H,8-11H2. The molecule has 2 aromatic carbocycles. The first-order valence-electron chi connectivity index (χ1n) is 8.09. The molecule has 3 rings (SSSR count). The first kappa shape index (κ1) is 20.5. The maximum Gasteiger partial charge on any atom is 0.243 e. The van der Waals surface area contributed by atoms with Gasteiger partial charge in [0.25, 0.3) is 0 Å². The van der Waals surface area contributed by atoms with Crippen LogP contribution in [0.25, 0.3) is 0 Å². The molecule has 1 fully saturated rings. The number of ether oxygens (including phenoxy) is 1. The average molecular weight is 429 g/mol. The number of aliphatic hydroxyl groups excluding tert-OH is 1. The van der Waals surface area contributed by atoms with E-state index in [1.54, 1.807) is 6.07 Å². The summed E-state index contributed by atoms with van der Waals surface area (Å²) in [5.74, 6) is -1.29. The minimum atomic E-state index is -3.90. The van der Waals surface area contributed by atoms with Gasteiger partial charge in [-0.15, -0.1) is 0 Å². The smallest absolute Gasteiger partial charge is 0.243 e. The second-order valence-corrected chi connectivity index (χ2v) is 8.89. The zero-order valence-corrected chi connectivity index (χ0v) is 16.0. The van der Waals surface area contributed by atoms with E-state index < -0.39 is 27.1 Å². The second-order valence-electron chi connectivity index (χ2n) is 6.55. The number of halogens is 3. The fourth-order valence-electron chi connectivity index (χ4n) is 2.81. The van der Waals surface area contributed by atoms with Crippen LogP contribution in [0.4, 0.5) is 8.78 Å². The first-order chi connectivity index (χ1) is 13.2. The van der Waals surface area contributed by atoms with Crippen molar-refractivity contribution in [3.05, 3.63) is 58.6 Å². The molecule has 2 aromatic rings. The van der Waals surface area contributed by atoms with Crippen LogP contribution >= 0.6 is 11.6 Å². The fourth-order valence-corrected chi connectivity index (χ4v) is 4.75. The fraction of sp³-hybridized carbons (Fsp3) is 0.278. The molecule has 0 aliphatic carbocycles. The maximum absolute atomic E-state index is 13.6. The van der Waals surface area contributed by atoms with Gasteiger partial charge in [-0.1, -0.05) is 11.6 Å². The van der Waals surface area contributed by atoms with E-state index >= 15 is 0 Å². The van der Waals surface area contributed by atoms with Gasteiger partial charge in [0.1, 0.15) is 23.5 Å². The highest BCUT2D eigenvalue weighted by atomic mass is 35.5. The number of sulfonamides is 1. The summed E-state index contributed by atoms with van der Waals surface area (Å²) in [5.41, 5.74) is -0.982. The number of nitrogens with zero attached hydrogens (tertiary/aromatic N) is 2. The maximum atomic E-state index is 13.6. The summed E-state index contributed by atoms with van der Waals surface area (Å²) in [5, 5.41) is 18.1. The van der Waals surface area contributed by atoms with Crippen molar-refractivity contribution >= 4 is 21.6 Å². The van der Waals surface area contributed by atoms with Crippen molar-refractivity contribution in [3.8, 4) is 11.8 Å². The highest BCUT2D eigenvalue weighted by Gasteiger charge is 2.49. The molecule has 148 valence electrons. The lowest BCUT2D eigenvalue weighted by molar-refractivity contribution is -0.0273. The molecule has 0 aromatic heterocycles. The molecule has 0 amide bonds. The third-order valence-corrected chi connectivity index (χ3v) is 6.57. The van der Waals surface area contributed by atoms with Crippen molar-refractivity contribution in [2.75, 3.05) is 26.3 Å². The van der Waals surface area contributed by atoms with E-state index in [1.807, 2.05) is 0 Å². The van der Waals surface area contributed by atoms with E-state index in [2.05, 4.69) is 0 Å². The molecule has 0 saturated carbocycles. The summed E-state index contributed by atoms with van der Waals surface area (Å²) in [4.78, 5) is -0.152. The molecule has 1 aliphatic rings. The van der Waals surface area contributed by atoms with Crippen molar-refractivity contribution in [1.29, 1.82) is 5.26 Å². The van der Waals surface area contributed by atoms with Gasteiger partial charge >= 0.3 is 0 Å². The molecule has 28 heavy (non-hydrogen) atoms. The molecular weight excluding hydrogens is 414 g/mol. The monoisotopic (exact) mass is 428 g/mol. The van der Waals surface area contributed by atoms with Crippen LogP contribution in [0, 0.1) is 28.4 Å². The van der Waals surface area contributed by atoms with Crippen molar-refractivity contribution in [2.45, 2.75) is 4.90 Å². The van der Waals surface area contributed by atoms with Crippen LogP contribution in [0.3, 0.4) is 0 Å². The number of aliphatic hydroxyl groups is 1. The van der Waals surface area contributed by atoms with Gasteiger partial charge in [0, 0.05) is 19.2 Å². The summed E-state index contributed by atoms with van der Waals surface area (Å²) in [6.07, 6.45) is 0. The Labute approximate surface area is 165 Å². The van der Waals surface area contributed by atoms with Crippen LogP contribution < -0.4 is 4.74 Å². The van der Waals surface area contributed by atoms with Crippen molar-refractivity contribution in [2.24, 2.45) is 5.41 Å². The summed E-state index contributed by atoms with van der Waals surface area (Å²) < 4.78 is 58.7. The summed E-state index contributed by atoms with van der Waals surface area (Å²) >= 11 is 5.65. The van der Waals surface area contributed by atoms with Crippen LogP contribution in [0.2, 0.25) is 5.02 Å². The molecule has 1 heterocycles. The van der Waals surface area contributed by atoms with Crippen LogP contribution in [-0.2, 0) is 10.0 Å². The predicted octanol–water partition coefficient (Wildman–Crippen LogP) is 2.55. The number of hydrogen-bond acceptors (Lipinski definition) is 5. The van der Waals surface area contributed by atoms with Gasteiger partial charge in [0.05, 0.1) is 34.1 Å². The Hall–Kier alpha value is -2.25. The van der Waals surface area contributed by atoms with Crippen LogP contribution in [-0.4, -0.2) is 44.1 Å². The number of benzene rings is 2. The SMILES string of the molecule is N#Cc1ccc(OCC2(CO)CN(S(=O)(=O)c3ccc(F)c(Cl)c3)C2)cc1F. The van der Waals surface area contributed by atoms with Crippen LogP contribution in [0.15, 0.2) is 41.3 Å². The van der Waals surface area contributed by atoms with E-state index in [1.165, 1.54) is 12.1 Å². The summed E-state index contributed by atoms with van der Waals surface area (Å²) in [7, 11) is -3.90. The van der Waals surface area contributed by atoms with Gasteiger partial charge in [-0.05, 0) is 30.3 Å². The lowest BCUT2D eigenvalue weighted by Crippen LogP contribution is -2.62. The Morgan fingerprint density at radius 2 is 1.93 bits per heavy atom. The largest absolute Gasteiger partial charge is 0.493 e. The number of hydrogen-bond donors (Lipinski definition) is 1. The summed E-state index contributed by atoms with van der Waals surface area (Å²) in [6, 6.07) is 8.55. The van der Waals surface area contributed by atoms with E-state index in [0.717, 1.165) is 28.6 Å². The molecule has 6 nitrogen and oxygen atoms in total. The molecule has 1 N–H and O–H groups in total. The highest BCUT2D eigenvalue weighted by molar-refractivity contribution is 7.89.